The van der Waals surface area contributed by atoms with Crippen LogP contribution < -0.4 is 5.73 Å². The minimum Gasteiger partial charge on any atom is -0.371 e. The first-order chi connectivity index (χ1) is 14.2. The number of amides is 1. The van der Waals surface area contributed by atoms with Gasteiger partial charge in [-0.2, -0.15) is 0 Å². The number of halogens is 1. The van der Waals surface area contributed by atoms with Crippen molar-refractivity contribution >= 4 is 21.8 Å². The van der Waals surface area contributed by atoms with Crippen molar-refractivity contribution < 1.29 is 9.53 Å². The molecule has 1 unspecified atom stereocenters. The van der Waals surface area contributed by atoms with E-state index in [0.29, 0.717) is 6.54 Å². The smallest absolute Gasteiger partial charge is 0.247 e. The van der Waals surface area contributed by atoms with E-state index in [4.69, 9.17) is 15.5 Å². The van der Waals surface area contributed by atoms with Crippen LogP contribution in [0.3, 0.4) is 0 Å². The van der Waals surface area contributed by atoms with Gasteiger partial charge in [0.25, 0.3) is 0 Å². The summed E-state index contributed by atoms with van der Waals surface area (Å²) in [6.07, 6.45) is 1.26. The van der Waals surface area contributed by atoms with Crippen molar-refractivity contribution in [2.45, 2.75) is 39.3 Å². The van der Waals surface area contributed by atoms with Crippen LogP contribution >= 0.6 is 15.9 Å². The Kier molecular flexibility index (Phi) is 6.78. The van der Waals surface area contributed by atoms with Gasteiger partial charge < -0.3 is 15.0 Å². The first-order valence-electron chi connectivity index (χ1n) is 9.89. The fraction of sp³-hybridized carbons (Fsp3) is 0.333. The maximum absolute atomic E-state index is 12.2. The SMILES string of the molecule is COC(C(N)=O)[C@@H](c1nc(-c2cccc(Br)c2)cn1Cc1ccccc1)C(C)(C)C. The normalized spacial score (nSPS) is 13.8. The monoisotopic (exact) mass is 469 g/mol. The van der Waals surface area contributed by atoms with Crippen molar-refractivity contribution in [3.63, 3.8) is 0 Å². The Morgan fingerprint density at radius 2 is 1.87 bits per heavy atom. The molecule has 2 N–H and O–H groups in total. The van der Waals surface area contributed by atoms with Crippen LogP contribution in [0.2, 0.25) is 0 Å². The molecule has 0 aliphatic heterocycles. The molecular formula is C24H28BrN3O2. The van der Waals surface area contributed by atoms with Crippen LogP contribution in [0.4, 0.5) is 0 Å². The Morgan fingerprint density at radius 3 is 2.43 bits per heavy atom. The predicted molar refractivity (Wildman–Crippen MR) is 123 cm³/mol. The third-order valence-electron chi connectivity index (χ3n) is 5.17. The van der Waals surface area contributed by atoms with E-state index in [1.807, 2.05) is 48.7 Å². The molecule has 0 aliphatic rings. The van der Waals surface area contributed by atoms with Crippen molar-refractivity contribution in [2.24, 2.45) is 11.1 Å². The molecule has 3 aromatic rings. The van der Waals surface area contributed by atoms with E-state index in [0.717, 1.165) is 27.1 Å². The number of benzene rings is 2. The van der Waals surface area contributed by atoms with Gasteiger partial charge in [-0.25, -0.2) is 4.98 Å². The van der Waals surface area contributed by atoms with Crippen LogP contribution in [0.1, 0.15) is 38.1 Å². The zero-order valence-corrected chi connectivity index (χ0v) is 19.4. The molecule has 6 heteroatoms. The summed E-state index contributed by atoms with van der Waals surface area (Å²) in [4.78, 5) is 17.2. The molecule has 1 heterocycles. The lowest BCUT2D eigenvalue weighted by Gasteiger charge is -2.34. The first-order valence-corrected chi connectivity index (χ1v) is 10.7. The second kappa shape index (κ2) is 9.14. The highest BCUT2D eigenvalue weighted by molar-refractivity contribution is 9.10. The van der Waals surface area contributed by atoms with Gasteiger partial charge in [0.1, 0.15) is 11.9 Å². The number of primary amides is 1. The number of ether oxygens (including phenoxy) is 1. The fourth-order valence-corrected chi connectivity index (χ4v) is 4.16. The lowest BCUT2D eigenvalue weighted by atomic mass is 9.76. The number of hydrogen-bond acceptors (Lipinski definition) is 3. The summed E-state index contributed by atoms with van der Waals surface area (Å²) in [5, 5.41) is 0. The molecule has 0 fully saturated rings. The highest BCUT2D eigenvalue weighted by atomic mass is 79.9. The molecule has 158 valence electrons. The number of methoxy groups -OCH3 is 1. The van der Waals surface area contributed by atoms with Crippen LogP contribution in [0.25, 0.3) is 11.3 Å². The number of nitrogens with zero attached hydrogens (tertiary/aromatic N) is 2. The van der Waals surface area contributed by atoms with Crippen molar-refractivity contribution in [3.8, 4) is 11.3 Å². The first kappa shape index (κ1) is 22.2. The molecule has 0 spiro atoms. The van der Waals surface area contributed by atoms with Crippen LogP contribution in [-0.4, -0.2) is 28.7 Å². The van der Waals surface area contributed by atoms with E-state index in [9.17, 15) is 4.79 Å². The largest absolute Gasteiger partial charge is 0.371 e. The lowest BCUT2D eigenvalue weighted by molar-refractivity contribution is -0.131. The zero-order chi connectivity index (χ0) is 21.9. The van der Waals surface area contributed by atoms with Crippen LogP contribution in [-0.2, 0) is 16.1 Å². The van der Waals surface area contributed by atoms with Crippen LogP contribution in [0.15, 0.2) is 65.3 Å². The number of nitrogens with two attached hydrogens (primary N) is 1. The average molecular weight is 470 g/mol. The van der Waals surface area contributed by atoms with Gasteiger partial charge in [0, 0.05) is 29.9 Å². The van der Waals surface area contributed by atoms with E-state index in [1.165, 1.54) is 7.11 Å². The van der Waals surface area contributed by atoms with Gasteiger partial charge in [-0.3, -0.25) is 4.79 Å². The van der Waals surface area contributed by atoms with Gasteiger partial charge >= 0.3 is 0 Å². The molecule has 1 amide bonds. The molecule has 0 aliphatic carbocycles. The summed E-state index contributed by atoms with van der Waals surface area (Å²) in [5.41, 5.74) is 8.41. The van der Waals surface area contributed by atoms with Crippen molar-refractivity contribution in [1.82, 2.24) is 9.55 Å². The Balaban J connectivity index is 2.17. The Morgan fingerprint density at radius 1 is 1.17 bits per heavy atom. The number of carbonyl (C=O) groups is 1. The molecule has 0 radical (unpaired) electrons. The highest BCUT2D eigenvalue weighted by Gasteiger charge is 2.40. The maximum Gasteiger partial charge on any atom is 0.247 e. The van der Waals surface area contributed by atoms with Gasteiger partial charge in [0.15, 0.2) is 0 Å². The number of imidazole rings is 1. The van der Waals surface area contributed by atoms with Gasteiger partial charge in [-0.15, -0.1) is 0 Å². The zero-order valence-electron chi connectivity index (χ0n) is 17.8. The molecule has 2 atom stereocenters. The van der Waals surface area contributed by atoms with Crippen molar-refractivity contribution in [3.05, 3.63) is 76.7 Å². The van der Waals surface area contributed by atoms with Crippen LogP contribution in [0.5, 0.6) is 0 Å². The quantitative estimate of drug-likeness (QED) is 0.529. The summed E-state index contributed by atoms with van der Waals surface area (Å²) >= 11 is 3.54. The summed E-state index contributed by atoms with van der Waals surface area (Å²) in [6.45, 7) is 6.87. The standard InChI is InChI=1S/C24H28BrN3O2/c1-24(2,3)20(21(30-4)22(26)29)23-27-19(17-11-8-12-18(25)13-17)15-28(23)14-16-9-6-5-7-10-16/h5-13,15,20-21H,14H2,1-4H3,(H2,26,29)/t20-,21?/m0/s1. The summed E-state index contributed by atoms with van der Waals surface area (Å²) < 4.78 is 8.65. The van der Waals surface area contributed by atoms with E-state index < -0.39 is 12.0 Å². The Hall–Kier alpha value is -2.44. The molecule has 2 aromatic carbocycles. The third-order valence-corrected chi connectivity index (χ3v) is 5.67. The minimum atomic E-state index is -0.780. The third kappa shape index (κ3) is 4.99. The highest BCUT2D eigenvalue weighted by Crippen LogP contribution is 2.39. The van der Waals surface area contributed by atoms with E-state index in [1.54, 1.807) is 0 Å². The molecule has 5 nitrogen and oxygen atoms in total. The molecule has 30 heavy (non-hydrogen) atoms. The number of carbonyl (C=O) groups excluding carboxylic acids is 1. The maximum atomic E-state index is 12.2. The van der Waals surface area contributed by atoms with Crippen molar-refractivity contribution in [1.29, 1.82) is 0 Å². The summed E-state index contributed by atoms with van der Waals surface area (Å²) in [7, 11) is 1.52. The molecular weight excluding hydrogens is 442 g/mol. The van der Waals surface area contributed by atoms with E-state index >= 15 is 0 Å². The molecule has 0 saturated carbocycles. The summed E-state index contributed by atoms with van der Waals surface area (Å²) in [6, 6.07) is 18.2. The lowest BCUT2D eigenvalue weighted by Crippen LogP contribution is -2.42. The van der Waals surface area contributed by atoms with Crippen molar-refractivity contribution in [2.75, 3.05) is 7.11 Å². The summed E-state index contributed by atoms with van der Waals surface area (Å²) in [5.74, 6) is -0.0210. The topological polar surface area (TPSA) is 70.1 Å². The van der Waals surface area contributed by atoms with Gasteiger partial charge in [0.2, 0.25) is 5.91 Å². The minimum absolute atomic E-state index is 0.302. The molecule has 1 aromatic heterocycles. The Bertz CT molecular complexity index is 1010. The Labute approximate surface area is 186 Å². The molecule has 0 bridgehead atoms. The van der Waals surface area contributed by atoms with Gasteiger partial charge in [-0.1, -0.05) is 79.2 Å². The van der Waals surface area contributed by atoms with E-state index in [2.05, 4.69) is 53.4 Å². The fourth-order valence-electron chi connectivity index (χ4n) is 3.77. The molecule has 3 rings (SSSR count). The average Bonchev–Trinajstić information content (AvgIpc) is 3.08. The van der Waals surface area contributed by atoms with Gasteiger partial charge in [0.05, 0.1) is 11.6 Å². The second-order valence-electron chi connectivity index (χ2n) is 8.51. The molecule has 0 saturated heterocycles. The van der Waals surface area contributed by atoms with E-state index in [-0.39, 0.29) is 11.3 Å². The number of aromatic nitrogens is 2. The number of rotatable bonds is 7. The predicted octanol–water partition coefficient (Wildman–Crippen LogP) is 4.99. The van der Waals surface area contributed by atoms with Gasteiger partial charge in [-0.05, 0) is 23.1 Å². The number of hydrogen-bond donors (Lipinski definition) is 1. The second-order valence-corrected chi connectivity index (χ2v) is 9.43. The van der Waals surface area contributed by atoms with Crippen LogP contribution in [0, 0.1) is 5.41 Å².